The van der Waals surface area contributed by atoms with E-state index >= 15 is 0 Å². The van der Waals surface area contributed by atoms with Gasteiger partial charge in [0.1, 0.15) is 5.75 Å². The third-order valence-corrected chi connectivity index (χ3v) is 2.61. The summed E-state index contributed by atoms with van der Waals surface area (Å²) in [4.78, 5) is 0. The molecule has 0 aliphatic rings. The summed E-state index contributed by atoms with van der Waals surface area (Å²) in [6.45, 7) is 2.01. The molecule has 0 saturated heterocycles. The summed E-state index contributed by atoms with van der Waals surface area (Å²) in [6.07, 6.45) is 0. The molecule has 0 atom stereocenters. The van der Waals surface area contributed by atoms with Crippen LogP contribution in [0.4, 0.5) is 0 Å². The van der Waals surface area contributed by atoms with Gasteiger partial charge in [-0.25, -0.2) is 0 Å². The van der Waals surface area contributed by atoms with Gasteiger partial charge in [-0.1, -0.05) is 47.5 Å². The van der Waals surface area contributed by atoms with E-state index in [4.69, 9.17) is 11.6 Å². The molecule has 0 spiro atoms. The molecular weight excluding hydrogens is 208 g/mol. The zero-order valence-corrected chi connectivity index (χ0v) is 9.12. The molecule has 0 unspecified atom stereocenters. The number of aromatic hydroxyl groups is 1. The summed E-state index contributed by atoms with van der Waals surface area (Å²) >= 11 is 6.06. The highest BCUT2D eigenvalue weighted by Crippen LogP contribution is 2.35. The number of halogens is 1. The van der Waals surface area contributed by atoms with Gasteiger partial charge in [0, 0.05) is 5.56 Å². The van der Waals surface area contributed by atoms with Crippen molar-refractivity contribution in [3.63, 3.8) is 0 Å². The first kappa shape index (κ1) is 10.1. The summed E-state index contributed by atoms with van der Waals surface area (Å²) in [5.74, 6) is 0.216. The molecule has 2 aromatic carbocycles. The molecule has 2 rings (SSSR count). The molecule has 1 nitrogen and oxygen atoms in total. The fraction of sp³-hybridized carbons (Fsp3) is 0.0769. The third-order valence-electron chi connectivity index (χ3n) is 2.30. The average Bonchev–Trinajstić information content (AvgIpc) is 2.17. The second-order valence-electron chi connectivity index (χ2n) is 3.50. The maximum atomic E-state index is 9.75. The summed E-state index contributed by atoms with van der Waals surface area (Å²) in [5, 5.41) is 10.3. The number of benzene rings is 2. The van der Waals surface area contributed by atoms with Gasteiger partial charge >= 0.3 is 0 Å². The first-order chi connectivity index (χ1) is 7.18. The average molecular weight is 219 g/mol. The maximum absolute atomic E-state index is 9.75. The molecule has 0 fully saturated rings. The zero-order chi connectivity index (χ0) is 10.8. The fourth-order valence-corrected chi connectivity index (χ4v) is 1.88. The SMILES string of the molecule is Cc1cccc(-c2c(O)cccc2Cl)c1. The van der Waals surface area contributed by atoms with E-state index in [1.54, 1.807) is 18.2 Å². The van der Waals surface area contributed by atoms with E-state index in [9.17, 15) is 5.11 Å². The summed E-state index contributed by atoms with van der Waals surface area (Å²) in [7, 11) is 0. The van der Waals surface area contributed by atoms with E-state index in [1.807, 2.05) is 31.2 Å². The van der Waals surface area contributed by atoms with Crippen LogP contribution in [0.5, 0.6) is 5.75 Å². The Balaban J connectivity index is 2.63. The lowest BCUT2D eigenvalue weighted by atomic mass is 10.0. The van der Waals surface area contributed by atoms with Crippen LogP contribution >= 0.6 is 11.6 Å². The Kier molecular flexibility index (Phi) is 2.65. The van der Waals surface area contributed by atoms with Crippen molar-refractivity contribution in [1.82, 2.24) is 0 Å². The van der Waals surface area contributed by atoms with Crippen LogP contribution in [0.2, 0.25) is 5.02 Å². The Bertz CT molecular complexity index is 471. The van der Waals surface area contributed by atoms with Crippen molar-refractivity contribution in [3.8, 4) is 16.9 Å². The van der Waals surface area contributed by atoms with Crippen LogP contribution in [-0.4, -0.2) is 5.11 Å². The molecule has 0 saturated carbocycles. The largest absolute Gasteiger partial charge is 0.507 e. The van der Waals surface area contributed by atoms with Crippen LogP contribution in [-0.2, 0) is 0 Å². The smallest absolute Gasteiger partial charge is 0.124 e. The van der Waals surface area contributed by atoms with Crippen molar-refractivity contribution >= 4 is 11.6 Å². The van der Waals surface area contributed by atoms with Gasteiger partial charge in [0.25, 0.3) is 0 Å². The second kappa shape index (κ2) is 3.95. The van der Waals surface area contributed by atoms with Crippen molar-refractivity contribution in [1.29, 1.82) is 0 Å². The Morgan fingerprint density at radius 1 is 1.07 bits per heavy atom. The molecule has 0 radical (unpaired) electrons. The number of aryl methyl sites for hydroxylation is 1. The number of rotatable bonds is 1. The van der Waals surface area contributed by atoms with E-state index in [1.165, 1.54) is 0 Å². The normalized spacial score (nSPS) is 10.3. The lowest BCUT2D eigenvalue weighted by Crippen LogP contribution is -1.82. The van der Waals surface area contributed by atoms with Gasteiger partial charge in [0.05, 0.1) is 5.02 Å². The predicted octanol–water partition coefficient (Wildman–Crippen LogP) is 4.02. The van der Waals surface area contributed by atoms with Gasteiger partial charge in [0.2, 0.25) is 0 Å². The van der Waals surface area contributed by atoms with Crippen LogP contribution in [0.15, 0.2) is 42.5 Å². The standard InChI is InChI=1S/C13H11ClO/c1-9-4-2-5-10(8-9)13-11(14)6-3-7-12(13)15/h2-8,15H,1H3. The van der Waals surface area contributed by atoms with Crippen LogP contribution in [0.1, 0.15) is 5.56 Å². The molecule has 0 heterocycles. The van der Waals surface area contributed by atoms with E-state index in [0.29, 0.717) is 10.6 Å². The van der Waals surface area contributed by atoms with Gasteiger partial charge in [-0.15, -0.1) is 0 Å². The lowest BCUT2D eigenvalue weighted by Gasteiger charge is -2.07. The van der Waals surface area contributed by atoms with Crippen molar-refractivity contribution < 1.29 is 5.11 Å². The monoisotopic (exact) mass is 218 g/mol. The van der Waals surface area contributed by atoms with Gasteiger partial charge < -0.3 is 5.11 Å². The molecule has 15 heavy (non-hydrogen) atoms. The molecule has 0 aliphatic heterocycles. The Hall–Kier alpha value is -1.47. The summed E-state index contributed by atoms with van der Waals surface area (Å²) in [5.41, 5.74) is 2.78. The number of hydrogen-bond acceptors (Lipinski definition) is 1. The van der Waals surface area contributed by atoms with Crippen LogP contribution in [0, 0.1) is 6.92 Å². The highest BCUT2D eigenvalue weighted by molar-refractivity contribution is 6.33. The van der Waals surface area contributed by atoms with E-state index in [0.717, 1.165) is 11.1 Å². The number of phenolic OH excluding ortho intramolecular Hbond substituents is 1. The minimum atomic E-state index is 0.216. The van der Waals surface area contributed by atoms with E-state index in [2.05, 4.69) is 0 Å². The lowest BCUT2D eigenvalue weighted by molar-refractivity contribution is 0.477. The Morgan fingerprint density at radius 3 is 2.47 bits per heavy atom. The molecule has 2 heteroatoms. The molecule has 0 amide bonds. The molecule has 0 bridgehead atoms. The Labute approximate surface area is 94.0 Å². The highest BCUT2D eigenvalue weighted by atomic mass is 35.5. The molecule has 2 aromatic rings. The summed E-state index contributed by atoms with van der Waals surface area (Å²) < 4.78 is 0. The van der Waals surface area contributed by atoms with Gasteiger partial charge in [-0.2, -0.15) is 0 Å². The van der Waals surface area contributed by atoms with Crippen LogP contribution in [0.25, 0.3) is 11.1 Å². The quantitative estimate of drug-likeness (QED) is 0.767. The minimum Gasteiger partial charge on any atom is -0.507 e. The van der Waals surface area contributed by atoms with Crippen LogP contribution < -0.4 is 0 Å². The van der Waals surface area contributed by atoms with E-state index < -0.39 is 0 Å². The van der Waals surface area contributed by atoms with Crippen molar-refractivity contribution in [2.45, 2.75) is 6.92 Å². The van der Waals surface area contributed by atoms with Gasteiger partial charge in [-0.05, 0) is 24.6 Å². The zero-order valence-electron chi connectivity index (χ0n) is 8.37. The van der Waals surface area contributed by atoms with Crippen molar-refractivity contribution in [3.05, 3.63) is 53.1 Å². The molecular formula is C13H11ClO. The number of phenols is 1. The van der Waals surface area contributed by atoms with Crippen LogP contribution in [0.3, 0.4) is 0 Å². The fourth-order valence-electron chi connectivity index (χ4n) is 1.60. The first-order valence-corrected chi connectivity index (χ1v) is 5.11. The highest BCUT2D eigenvalue weighted by Gasteiger charge is 2.08. The molecule has 1 N–H and O–H groups in total. The maximum Gasteiger partial charge on any atom is 0.124 e. The third kappa shape index (κ3) is 1.97. The van der Waals surface area contributed by atoms with Crippen molar-refractivity contribution in [2.75, 3.05) is 0 Å². The first-order valence-electron chi connectivity index (χ1n) is 4.73. The molecule has 76 valence electrons. The topological polar surface area (TPSA) is 20.2 Å². The number of hydrogen-bond donors (Lipinski definition) is 1. The Morgan fingerprint density at radius 2 is 1.80 bits per heavy atom. The van der Waals surface area contributed by atoms with E-state index in [-0.39, 0.29) is 5.75 Å². The van der Waals surface area contributed by atoms with Gasteiger partial charge in [-0.3, -0.25) is 0 Å². The second-order valence-corrected chi connectivity index (χ2v) is 3.91. The predicted molar refractivity (Wildman–Crippen MR) is 63.3 cm³/mol. The van der Waals surface area contributed by atoms with Gasteiger partial charge in [0.15, 0.2) is 0 Å². The van der Waals surface area contributed by atoms with Crippen molar-refractivity contribution in [2.24, 2.45) is 0 Å². The minimum absolute atomic E-state index is 0.216. The molecule has 0 aromatic heterocycles. The molecule has 0 aliphatic carbocycles. The summed E-state index contributed by atoms with van der Waals surface area (Å²) in [6, 6.07) is 13.1.